The van der Waals surface area contributed by atoms with Crippen LogP contribution in [0.5, 0.6) is 0 Å². The van der Waals surface area contributed by atoms with Gasteiger partial charge in [-0.2, -0.15) is 0 Å². The van der Waals surface area contributed by atoms with Gasteiger partial charge in [0.05, 0.1) is 22.9 Å². The zero-order valence-corrected chi connectivity index (χ0v) is 18.2. The summed E-state index contributed by atoms with van der Waals surface area (Å²) in [5.74, 6) is 1.35. The molecule has 8 nitrogen and oxygen atoms in total. The lowest BCUT2D eigenvalue weighted by molar-refractivity contribution is -0.384. The Labute approximate surface area is 185 Å². The summed E-state index contributed by atoms with van der Waals surface area (Å²) in [5.41, 5.74) is 1.59. The Morgan fingerprint density at radius 3 is 2.67 bits per heavy atom. The Balaban J connectivity index is 1.43. The molecule has 1 amide bonds. The number of hydrogen-bond acceptors (Lipinski definition) is 6. The van der Waals surface area contributed by atoms with Gasteiger partial charge in [-0.25, -0.2) is 0 Å². The summed E-state index contributed by atoms with van der Waals surface area (Å²) in [4.78, 5) is 22.8. The second-order valence-corrected chi connectivity index (χ2v) is 8.74. The van der Waals surface area contributed by atoms with Crippen molar-refractivity contribution >= 4 is 45.0 Å². The van der Waals surface area contributed by atoms with Crippen LogP contribution in [0.2, 0.25) is 0 Å². The number of carbonyl (C=O) groups is 1. The molecule has 1 heterocycles. The minimum Gasteiger partial charge on any atom is -0.324 e. The zero-order valence-electron chi connectivity index (χ0n) is 15.8. The maximum atomic E-state index is 12.4. The number of benzene rings is 2. The van der Waals surface area contributed by atoms with Crippen molar-refractivity contribution < 1.29 is 9.72 Å². The molecule has 1 N–H and O–H groups in total. The quantitative estimate of drug-likeness (QED) is 0.282. The second-order valence-electron chi connectivity index (χ2n) is 6.94. The van der Waals surface area contributed by atoms with Gasteiger partial charge in [0.2, 0.25) is 5.91 Å². The molecule has 3 aromatic rings. The Morgan fingerprint density at radius 1 is 1.23 bits per heavy atom. The van der Waals surface area contributed by atoms with Gasteiger partial charge in [-0.3, -0.25) is 14.9 Å². The molecule has 0 atom stereocenters. The number of aromatic nitrogens is 3. The molecule has 154 valence electrons. The van der Waals surface area contributed by atoms with E-state index in [0.29, 0.717) is 27.8 Å². The fourth-order valence-electron chi connectivity index (χ4n) is 3.00. The molecule has 1 aliphatic carbocycles. The van der Waals surface area contributed by atoms with E-state index in [-0.39, 0.29) is 17.3 Å². The SMILES string of the molecule is O=C(CSc1nnc(C2CC2)n1Cc1ccccc1)Nc1ccc([N+](=O)[O-])cc1Br. The number of carbonyl (C=O) groups excluding carboxylic acids is 1. The van der Waals surface area contributed by atoms with Gasteiger partial charge in [0.25, 0.3) is 5.69 Å². The van der Waals surface area contributed by atoms with Crippen molar-refractivity contribution in [3.8, 4) is 0 Å². The third-order valence-electron chi connectivity index (χ3n) is 4.64. The zero-order chi connectivity index (χ0) is 21.1. The minimum atomic E-state index is -0.483. The number of hydrogen-bond donors (Lipinski definition) is 1. The fraction of sp³-hybridized carbons (Fsp3) is 0.250. The summed E-state index contributed by atoms with van der Waals surface area (Å²) in [6, 6.07) is 14.3. The number of non-ortho nitro benzene ring substituents is 1. The Morgan fingerprint density at radius 2 is 2.00 bits per heavy atom. The number of nitrogens with zero attached hydrogens (tertiary/aromatic N) is 4. The highest BCUT2D eigenvalue weighted by Gasteiger charge is 2.30. The molecule has 0 bridgehead atoms. The van der Waals surface area contributed by atoms with E-state index in [1.165, 1.54) is 30.0 Å². The largest absolute Gasteiger partial charge is 0.324 e. The van der Waals surface area contributed by atoms with Gasteiger partial charge in [0.1, 0.15) is 5.82 Å². The first kappa shape index (κ1) is 20.5. The second kappa shape index (κ2) is 8.97. The molecule has 1 saturated carbocycles. The third kappa shape index (κ3) is 4.88. The van der Waals surface area contributed by atoms with Crippen LogP contribution in [0.4, 0.5) is 11.4 Å². The molecule has 0 unspecified atom stereocenters. The van der Waals surface area contributed by atoms with Crippen LogP contribution >= 0.6 is 27.7 Å². The van der Waals surface area contributed by atoms with E-state index in [9.17, 15) is 14.9 Å². The highest BCUT2D eigenvalue weighted by Crippen LogP contribution is 2.40. The molecule has 0 saturated heterocycles. The van der Waals surface area contributed by atoms with Crippen molar-refractivity contribution in [2.75, 3.05) is 11.1 Å². The Hall–Kier alpha value is -2.72. The van der Waals surface area contributed by atoms with Gasteiger partial charge in [0, 0.05) is 22.5 Å². The smallest absolute Gasteiger partial charge is 0.270 e. The van der Waals surface area contributed by atoms with Crippen LogP contribution in [0.3, 0.4) is 0 Å². The monoisotopic (exact) mass is 487 g/mol. The van der Waals surface area contributed by atoms with E-state index in [0.717, 1.165) is 24.2 Å². The summed E-state index contributed by atoms with van der Waals surface area (Å²) < 4.78 is 2.55. The van der Waals surface area contributed by atoms with Crippen LogP contribution in [0.25, 0.3) is 0 Å². The number of nitro groups is 1. The predicted octanol–water partition coefficient (Wildman–Crippen LogP) is 4.61. The molecule has 1 fully saturated rings. The van der Waals surface area contributed by atoms with Crippen molar-refractivity contribution in [1.29, 1.82) is 0 Å². The highest BCUT2D eigenvalue weighted by molar-refractivity contribution is 9.10. The topological polar surface area (TPSA) is 103 Å². The summed E-state index contributed by atoms with van der Waals surface area (Å²) in [6.07, 6.45) is 2.23. The van der Waals surface area contributed by atoms with E-state index < -0.39 is 4.92 Å². The number of rotatable bonds is 8. The predicted molar refractivity (Wildman–Crippen MR) is 118 cm³/mol. The summed E-state index contributed by atoms with van der Waals surface area (Å²) in [5, 5.41) is 23.0. The Bertz CT molecular complexity index is 1090. The maximum absolute atomic E-state index is 12.4. The van der Waals surface area contributed by atoms with Gasteiger partial charge in [-0.1, -0.05) is 42.1 Å². The third-order valence-corrected chi connectivity index (χ3v) is 6.26. The number of nitrogens with one attached hydrogen (secondary N) is 1. The molecule has 30 heavy (non-hydrogen) atoms. The summed E-state index contributed by atoms with van der Waals surface area (Å²) >= 11 is 4.59. The molecule has 2 aromatic carbocycles. The lowest BCUT2D eigenvalue weighted by atomic mass is 10.2. The van der Waals surface area contributed by atoms with Crippen LogP contribution in [0, 0.1) is 10.1 Å². The van der Waals surface area contributed by atoms with Crippen LogP contribution < -0.4 is 5.32 Å². The molecular weight excluding hydrogens is 470 g/mol. The van der Waals surface area contributed by atoms with Gasteiger partial charge < -0.3 is 9.88 Å². The first-order chi connectivity index (χ1) is 14.5. The number of anilines is 1. The fourth-order valence-corrected chi connectivity index (χ4v) is 4.21. The summed E-state index contributed by atoms with van der Waals surface area (Å²) in [6.45, 7) is 0.664. The number of halogens is 1. The number of thioether (sulfide) groups is 1. The molecule has 1 aliphatic rings. The van der Waals surface area contributed by atoms with Crippen LogP contribution in [0.1, 0.15) is 30.1 Å². The summed E-state index contributed by atoms with van der Waals surface area (Å²) in [7, 11) is 0. The average molecular weight is 488 g/mol. The maximum Gasteiger partial charge on any atom is 0.270 e. The lowest BCUT2D eigenvalue weighted by Crippen LogP contribution is -2.15. The van der Waals surface area contributed by atoms with Crippen molar-refractivity contribution in [2.45, 2.75) is 30.5 Å². The van der Waals surface area contributed by atoms with E-state index in [1.54, 1.807) is 0 Å². The molecular formula is C20H18BrN5O3S. The number of amides is 1. The molecule has 0 radical (unpaired) electrons. The van der Waals surface area contributed by atoms with Crippen LogP contribution in [0.15, 0.2) is 58.2 Å². The lowest BCUT2D eigenvalue weighted by Gasteiger charge is -2.10. The van der Waals surface area contributed by atoms with Crippen molar-refractivity contribution in [1.82, 2.24) is 14.8 Å². The van der Waals surface area contributed by atoms with E-state index >= 15 is 0 Å². The van der Waals surface area contributed by atoms with E-state index in [1.807, 2.05) is 18.2 Å². The highest BCUT2D eigenvalue weighted by atomic mass is 79.9. The molecule has 0 spiro atoms. The van der Waals surface area contributed by atoms with E-state index in [4.69, 9.17) is 0 Å². The molecule has 4 rings (SSSR count). The Kier molecular flexibility index (Phi) is 6.14. The van der Waals surface area contributed by atoms with Gasteiger partial charge in [0.15, 0.2) is 5.16 Å². The van der Waals surface area contributed by atoms with Crippen molar-refractivity contribution in [3.63, 3.8) is 0 Å². The molecule has 0 aliphatic heterocycles. The van der Waals surface area contributed by atoms with Crippen molar-refractivity contribution in [3.05, 3.63) is 74.5 Å². The normalized spacial score (nSPS) is 13.2. The van der Waals surface area contributed by atoms with Crippen molar-refractivity contribution in [2.24, 2.45) is 0 Å². The average Bonchev–Trinajstić information content (AvgIpc) is 3.50. The van der Waals surface area contributed by atoms with E-state index in [2.05, 4.69) is 48.1 Å². The van der Waals surface area contributed by atoms with Gasteiger partial charge in [-0.05, 0) is 40.4 Å². The standard InChI is InChI=1S/C20H18BrN5O3S/c21-16-10-15(26(28)29)8-9-17(16)22-18(27)12-30-20-24-23-19(14-6-7-14)25(20)11-13-4-2-1-3-5-13/h1-5,8-10,14H,6-7,11-12H2,(H,22,27). The van der Waals surface area contributed by atoms with Gasteiger partial charge >= 0.3 is 0 Å². The molecule has 10 heteroatoms. The van der Waals surface area contributed by atoms with Crippen LogP contribution in [-0.2, 0) is 11.3 Å². The first-order valence-electron chi connectivity index (χ1n) is 9.35. The minimum absolute atomic E-state index is 0.0455. The number of nitro benzene ring substituents is 1. The molecule has 1 aromatic heterocycles. The van der Waals surface area contributed by atoms with Crippen LogP contribution in [-0.4, -0.2) is 31.3 Å². The van der Waals surface area contributed by atoms with Gasteiger partial charge in [-0.15, -0.1) is 10.2 Å². The first-order valence-corrected chi connectivity index (χ1v) is 11.1.